The standard InChI is InChI=1S/C19H29N3OS/c1-6-7-8-22-17(9-13(2)3)12-24-19(22)20-18-14(4)10-16(21-23)11-15(18)5/h10-11,13,17H,6-9,12H2,1-5H3/t17-/m0/s1. The van der Waals surface area contributed by atoms with Gasteiger partial charge in [-0.3, -0.25) is 0 Å². The Kier molecular flexibility index (Phi) is 6.84. The van der Waals surface area contributed by atoms with Crippen molar-refractivity contribution in [2.45, 2.75) is 59.9 Å². The largest absolute Gasteiger partial charge is 0.347 e. The van der Waals surface area contributed by atoms with Gasteiger partial charge in [0.2, 0.25) is 0 Å². The molecule has 0 radical (unpaired) electrons. The Hall–Kier alpha value is -1.36. The van der Waals surface area contributed by atoms with Crippen molar-refractivity contribution < 1.29 is 0 Å². The number of nitrogens with zero attached hydrogens (tertiary/aromatic N) is 3. The summed E-state index contributed by atoms with van der Waals surface area (Å²) in [5.41, 5.74) is 3.49. The van der Waals surface area contributed by atoms with Gasteiger partial charge >= 0.3 is 0 Å². The molecule has 0 aliphatic carbocycles. The monoisotopic (exact) mass is 347 g/mol. The van der Waals surface area contributed by atoms with Gasteiger partial charge in [0, 0.05) is 18.3 Å². The summed E-state index contributed by atoms with van der Waals surface area (Å²) in [6.07, 6.45) is 3.60. The second-order valence-electron chi connectivity index (χ2n) is 7.06. The normalized spacial score (nSPS) is 19.5. The fourth-order valence-corrected chi connectivity index (χ4v) is 4.42. The van der Waals surface area contributed by atoms with Crippen LogP contribution in [0, 0.1) is 24.7 Å². The van der Waals surface area contributed by atoms with Crippen molar-refractivity contribution in [3.8, 4) is 0 Å². The molecule has 1 aromatic carbocycles. The molecule has 1 aliphatic heterocycles. The first-order chi connectivity index (χ1) is 11.5. The zero-order chi connectivity index (χ0) is 17.7. The van der Waals surface area contributed by atoms with Crippen molar-refractivity contribution >= 4 is 28.3 Å². The first-order valence-electron chi connectivity index (χ1n) is 8.89. The SMILES string of the molecule is CCCCN1C(=Nc2c(C)cc(N=O)cc2C)SC[C@@H]1CC(C)C. The maximum absolute atomic E-state index is 10.8. The Morgan fingerprint density at radius 3 is 2.50 bits per heavy atom. The maximum atomic E-state index is 10.8. The summed E-state index contributed by atoms with van der Waals surface area (Å²) in [5.74, 6) is 1.81. The molecule has 1 saturated heterocycles. The van der Waals surface area contributed by atoms with Crippen molar-refractivity contribution in [3.63, 3.8) is 0 Å². The third-order valence-electron chi connectivity index (χ3n) is 4.38. The molecule has 1 atom stereocenters. The van der Waals surface area contributed by atoms with Crippen molar-refractivity contribution in [3.05, 3.63) is 28.2 Å². The molecule has 132 valence electrons. The highest BCUT2D eigenvalue weighted by Gasteiger charge is 2.30. The smallest absolute Gasteiger partial charge is 0.164 e. The predicted octanol–water partition coefficient (Wildman–Crippen LogP) is 5.95. The Morgan fingerprint density at radius 2 is 1.96 bits per heavy atom. The van der Waals surface area contributed by atoms with Crippen LogP contribution in [0.4, 0.5) is 11.4 Å². The van der Waals surface area contributed by atoms with Crippen molar-refractivity contribution in [2.24, 2.45) is 16.1 Å². The molecule has 0 bridgehead atoms. The summed E-state index contributed by atoms with van der Waals surface area (Å²) in [7, 11) is 0. The lowest BCUT2D eigenvalue weighted by Gasteiger charge is -2.27. The number of unbranched alkanes of at least 4 members (excludes halogenated alkanes) is 1. The molecule has 1 heterocycles. The number of aryl methyl sites for hydroxylation is 2. The highest BCUT2D eigenvalue weighted by molar-refractivity contribution is 8.14. The lowest BCUT2D eigenvalue weighted by molar-refractivity contribution is 0.301. The van der Waals surface area contributed by atoms with E-state index in [0.717, 1.165) is 34.3 Å². The van der Waals surface area contributed by atoms with Gasteiger partial charge in [0.05, 0.1) is 5.69 Å². The molecule has 1 aliphatic rings. The molecular formula is C19H29N3OS. The van der Waals surface area contributed by atoms with Gasteiger partial charge in [0.25, 0.3) is 0 Å². The van der Waals surface area contributed by atoms with E-state index in [-0.39, 0.29) is 0 Å². The lowest BCUT2D eigenvalue weighted by Crippen LogP contribution is -2.35. The zero-order valence-corrected chi connectivity index (χ0v) is 16.3. The molecule has 0 saturated carbocycles. The van der Waals surface area contributed by atoms with Crippen LogP contribution in [-0.4, -0.2) is 28.4 Å². The van der Waals surface area contributed by atoms with Crippen LogP contribution in [-0.2, 0) is 0 Å². The van der Waals surface area contributed by atoms with E-state index in [1.54, 1.807) is 0 Å². The Bertz CT molecular complexity index is 590. The first-order valence-corrected chi connectivity index (χ1v) is 9.87. The molecule has 5 heteroatoms. The number of aliphatic imine (C=N–C) groups is 1. The second kappa shape index (κ2) is 8.65. The summed E-state index contributed by atoms with van der Waals surface area (Å²) in [5, 5.41) is 4.18. The third-order valence-corrected chi connectivity index (χ3v) is 5.51. The minimum Gasteiger partial charge on any atom is -0.347 e. The van der Waals surface area contributed by atoms with Gasteiger partial charge in [-0.25, -0.2) is 4.99 Å². The number of hydrogen-bond donors (Lipinski definition) is 0. The molecule has 24 heavy (non-hydrogen) atoms. The number of rotatable bonds is 7. The molecule has 0 spiro atoms. The quantitative estimate of drug-likeness (QED) is 0.572. The van der Waals surface area contributed by atoms with Gasteiger partial charge in [0.1, 0.15) is 5.69 Å². The average molecular weight is 348 g/mol. The second-order valence-corrected chi connectivity index (χ2v) is 8.04. The van der Waals surface area contributed by atoms with Crippen LogP contribution in [0.1, 0.15) is 51.2 Å². The molecule has 0 aromatic heterocycles. The van der Waals surface area contributed by atoms with Crippen LogP contribution in [0.2, 0.25) is 0 Å². The predicted molar refractivity (Wildman–Crippen MR) is 106 cm³/mol. The van der Waals surface area contributed by atoms with E-state index in [9.17, 15) is 4.91 Å². The molecule has 1 aromatic rings. The van der Waals surface area contributed by atoms with E-state index in [1.807, 2.05) is 37.7 Å². The fourth-order valence-electron chi connectivity index (χ4n) is 3.20. The summed E-state index contributed by atoms with van der Waals surface area (Å²) in [6.45, 7) is 11.9. The Balaban J connectivity index is 2.31. The van der Waals surface area contributed by atoms with E-state index >= 15 is 0 Å². The molecule has 0 unspecified atom stereocenters. The van der Waals surface area contributed by atoms with Gasteiger partial charge in [-0.15, -0.1) is 4.91 Å². The summed E-state index contributed by atoms with van der Waals surface area (Å²) >= 11 is 1.86. The first kappa shape index (κ1) is 19.0. The van der Waals surface area contributed by atoms with Crippen LogP contribution < -0.4 is 0 Å². The number of benzene rings is 1. The molecule has 2 rings (SSSR count). The van der Waals surface area contributed by atoms with Crippen LogP contribution in [0.3, 0.4) is 0 Å². The number of thioether (sulfide) groups is 1. The maximum Gasteiger partial charge on any atom is 0.164 e. The zero-order valence-electron chi connectivity index (χ0n) is 15.5. The van der Waals surface area contributed by atoms with Crippen molar-refractivity contribution in [1.29, 1.82) is 0 Å². The van der Waals surface area contributed by atoms with Crippen LogP contribution >= 0.6 is 11.8 Å². The molecular weight excluding hydrogens is 318 g/mol. The highest BCUT2D eigenvalue weighted by atomic mass is 32.2. The van der Waals surface area contributed by atoms with E-state index in [2.05, 4.69) is 30.8 Å². The van der Waals surface area contributed by atoms with Gasteiger partial charge in [-0.05, 0) is 61.0 Å². The molecule has 0 amide bonds. The van der Waals surface area contributed by atoms with Gasteiger partial charge in [-0.1, -0.05) is 39.0 Å². The average Bonchev–Trinajstić information content (AvgIpc) is 2.89. The Labute approximate surface area is 150 Å². The minimum atomic E-state index is 0.480. The van der Waals surface area contributed by atoms with Crippen LogP contribution in [0.25, 0.3) is 0 Å². The van der Waals surface area contributed by atoms with E-state index in [1.165, 1.54) is 19.3 Å². The Morgan fingerprint density at radius 1 is 1.29 bits per heavy atom. The highest BCUT2D eigenvalue weighted by Crippen LogP contribution is 2.34. The van der Waals surface area contributed by atoms with E-state index < -0.39 is 0 Å². The third kappa shape index (κ3) is 4.59. The van der Waals surface area contributed by atoms with Crippen LogP contribution in [0.5, 0.6) is 0 Å². The van der Waals surface area contributed by atoms with E-state index in [4.69, 9.17) is 4.99 Å². The van der Waals surface area contributed by atoms with Crippen molar-refractivity contribution in [2.75, 3.05) is 12.3 Å². The molecule has 0 N–H and O–H groups in total. The number of amidine groups is 1. The topological polar surface area (TPSA) is 45.0 Å². The minimum absolute atomic E-state index is 0.480. The van der Waals surface area contributed by atoms with Crippen LogP contribution in [0.15, 0.2) is 22.3 Å². The number of hydrogen-bond acceptors (Lipinski definition) is 4. The summed E-state index contributed by atoms with van der Waals surface area (Å²) in [6, 6.07) is 4.22. The van der Waals surface area contributed by atoms with Crippen molar-refractivity contribution in [1.82, 2.24) is 4.90 Å². The summed E-state index contributed by atoms with van der Waals surface area (Å²) in [4.78, 5) is 18.3. The van der Waals surface area contributed by atoms with Gasteiger partial charge < -0.3 is 4.90 Å². The fraction of sp³-hybridized carbons (Fsp3) is 0.632. The van der Waals surface area contributed by atoms with Gasteiger partial charge in [0.15, 0.2) is 5.17 Å². The molecule has 4 nitrogen and oxygen atoms in total. The lowest BCUT2D eigenvalue weighted by atomic mass is 10.0. The molecule has 1 fully saturated rings. The summed E-state index contributed by atoms with van der Waals surface area (Å²) < 4.78 is 0. The van der Waals surface area contributed by atoms with Gasteiger partial charge in [-0.2, -0.15) is 0 Å². The number of nitroso groups, excluding NO2 is 1. The van der Waals surface area contributed by atoms with E-state index in [0.29, 0.717) is 17.6 Å².